The molecule has 0 radical (unpaired) electrons. The van der Waals surface area contributed by atoms with E-state index in [0.29, 0.717) is 39.5 Å². The van der Waals surface area contributed by atoms with Crippen molar-refractivity contribution < 1.29 is 13.4 Å². The monoisotopic (exact) mass is 815 g/mol. The Hall–Kier alpha value is -7.57. The number of thiophene rings is 1. The molecule has 0 amide bonds. The van der Waals surface area contributed by atoms with Crippen LogP contribution in [0.25, 0.3) is 0 Å². The average Bonchev–Trinajstić information content (AvgIpc) is 4.15. The van der Waals surface area contributed by atoms with Crippen molar-refractivity contribution in [2.75, 3.05) is 10.0 Å². The fraction of sp³-hybridized carbons (Fsp3) is 0.0976. The van der Waals surface area contributed by atoms with E-state index >= 15 is 0 Å². The third kappa shape index (κ3) is 4.37. The van der Waals surface area contributed by atoms with E-state index in [0.717, 1.165) is 4.88 Å². The predicted molar refractivity (Wildman–Crippen MR) is 214 cm³/mol. The summed E-state index contributed by atoms with van der Waals surface area (Å²) in [4.78, 5) is 49.4. The minimum atomic E-state index is -1.82. The first kappa shape index (κ1) is 34.7. The molecule has 0 spiro atoms. The summed E-state index contributed by atoms with van der Waals surface area (Å²) in [5.74, 6) is 1.42. The highest BCUT2D eigenvalue weighted by atomic mass is 32.1. The molecule has 1 aliphatic rings. The van der Waals surface area contributed by atoms with Crippen LogP contribution in [-0.2, 0) is 21.9 Å². The molecule has 0 aromatic carbocycles. The van der Waals surface area contributed by atoms with Crippen LogP contribution >= 0.6 is 22.7 Å². The molecule has 4 atom stereocenters. The fourth-order valence-corrected chi connectivity index (χ4v) is 11.3. The van der Waals surface area contributed by atoms with E-state index in [1.165, 1.54) is 35.2 Å². The maximum atomic E-state index is 6.84. The predicted octanol–water partition coefficient (Wildman–Crippen LogP) is 6.90. The maximum absolute atomic E-state index is 6.84. The van der Waals surface area contributed by atoms with Gasteiger partial charge in [0.15, 0.2) is 22.7 Å². The van der Waals surface area contributed by atoms with E-state index in [1.54, 1.807) is 80.4 Å². The van der Waals surface area contributed by atoms with Gasteiger partial charge in [-0.25, -0.2) is 34.9 Å². The number of oxazole rings is 1. The molecule has 10 aromatic rings. The largest absolute Gasteiger partial charge is 0.466 e. The molecule has 1 aliphatic heterocycles. The van der Waals surface area contributed by atoms with E-state index in [9.17, 15) is 0 Å². The molecule has 10 aromatic heterocycles. The number of nitrogens with one attached hydrogen (secondary N) is 2. The van der Waals surface area contributed by atoms with Crippen LogP contribution in [0.2, 0.25) is 0 Å². The first-order valence-electron chi connectivity index (χ1n) is 18.3. The summed E-state index contributed by atoms with van der Waals surface area (Å²) in [5, 5.41) is 13.1. The highest BCUT2D eigenvalue weighted by Gasteiger charge is 2.87. The molecular formula is C41H29N13O3S2. The Bertz CT molecular complexity index is 2810. The molecule has 1 fully saturated rings. The molecule has 0 aliphatic carbocycles. The van der Waals surface area contributed by atoms with Crippen LogP contribution in [0.3, 0.4) is 0 Å². The third-order valence-electron chi connectivity index (χ3n) is 11.0. The minimum Gasteiger partial charge on any atom is -0.466 e. The fourth-order valence-electron chi connectivity index (χ4n) is 9.34. The van der Waals surface area contributed by atoms with Crippen molar-refractivity contribution in [2.24, 2.45) is 0 Å². The molecule has 0 saturated carbocycles. The lowest BCUT2D eigenvalue weighted by Gasteiger charge is -2.71. The zero-order valence-electron chi connectivity index (χ0n) is 30.5. The van der Waals surface area contributed by atoms with Gasteiger partial charge >= 0.3 is 6.01 Å². The number of hydrogen-bond acceptors (Lipinski definition) is 16. The van der Waals surface area contributed by atoms with Crippen molar-refractivity contribution in [3.05, 3.63) is 209 Å². The topological polar surface area (TPSA) is 193 Å². The standard InChI is InChI=1S/C41H29N13O3S2/c1-2-12-43-28(7-1)38(29-8-3-13-44-29)39(32-10-5-25-58-32,30-27-42-16-17-45-30)41(35-48-18-19-49-35,34-46-14-6-15-47-34)54(37-51-20-24-56-37)53(33-11-23-57-52-33)40(38,31-9-4-22-55-31)36-50-21-26-59-36/h1-27,44H,(H,48,49). The van der Waals surface area contributed by atoms with Crippen molar-refractivity contribution in [3.63, 3.8) is 0 Å². The average molecular weight is 816 g/mol. The molecule has 18 heteroatoms. The SMILES string of the molecule is c1ccc(C2(c3ccc[nH]3)C(c3ccco3)(c3nccs3)N(c3ccon3)N(c3ncco3)C(c3ncccn3)(c3ncc[nH]3)C2(c2cnccn2)c2cccs2)nc1. The normalized spacial score (nSPS) is 23.1. The lowest BCUT2D eigenvalue weighted by molar-refractivity contribution is 0.0321. The van der Waals surface area contributed by atoms with Gasteiger partial charge < -0.3 is 23.3 Å². The lowest BCUT2D eigenvalue weighted by Crippen LogP contribution is -2.87. The summed E-state index contributed by atoms with van der Waals surface area (Å²) in [5.41, 5.74) is -5.10. The van der Waals surface area contributed by atoms with E-state index in [-0.39, 0.29) is 11.8 Å². The van der Waals surface area contributed by atoms with Crippen LogP contribution in [0, 0.1) is 0 Å². The van der Waals surface area contributed by atoms with Gasteiger partial charge in [-0.3, -0.25) is 15.0 Å². The molecule has 11 heterocycles. The van der Waals surface area contributed by atoms with Crippen LogP contribution < -0.4 is 10.0 Å². The zero-order chi connectivity index (χ0) is 39.3. The van der Waals surface area contributed by atoms with Crippen LogP contribution in [0.5, 0.6) is 0 Å². The van der Waals surface area contributed by atoms with E-state index in [2.05, 4.69) is 16.0 Å². The van der Waals surface area contributed by atoms with Crippen LogP contribution in [0.15, 0.2) is 178 Å². The molecule has 11 rings (SSSR count). The molecule has 16 nitrogen and oxygen atoms in total. The highest BCUT2D eigenvalue weighted by Crippen LogP contribution is 2.75. The highest BCUT2D eigenvalue weighted by molar-refractivity contribution is 7.10. The van der Waals surface area contributed by atoms with Gasteiger partial charge in [-0.15, -0.1) is 22.7 Å². The van der Waals surface area contributed by atoms with Gasteiger partial charge in [0.1, 0.15) is 39.9 Å². The summed E-state index contributed by atoms with van der Waals surface area (Å²) in [6, 6.07) is 21.4. The first-order valence-corrected chi connectivity index (χ1v) is 20.0. The van der Waals surface area contributed by atoms with Crippen LogP contribution in [0.1, 0.15) is 44.4 Å². The second kappa shape index (κ2) is 13.5. The smallest absolute Gasteiger partial charge is 0.318 e. The van der Waals surface area contributed by atoms with Gasteiger partial charge in [0.05, 0.1) is 23.8 Å². The number of rotatable bonds is 10. The minimum absolute atomic E-state index is 0.107. The number of furan rings is 1. The molecule has 4 unspecified atom stereocenters. The second-order valence-electron chi connectivity index (χ2n) is 13.4. The van der Waals surface area contributed by atoms with Crippen molar-refractivity contribution in [3.8, 4) is 0 Å². The zero-order valence-corrected chi connectivity index (χ0v) is 32.2. The van der Waals surface area contributed by atoms with Gasteiger partial charge in [-0.2, -0.15) is 0 Å². The quantitative estimate of drug-likeness (QED) is 0.145. The Labute approximate surface area is 342 Å². The molecule has 59 heavy (non-hydrogen) atoms. The third-order valence-corrected chi connectivity index (χ3v) is 12.8. The number of hydrogen-bond donors (Lipinski definition) is 2. The molecule has 1 saturated heterocycles. The van der Waals surface area contributed by atoms with Gasteiger partial charge in [-0.1, -0.05) is 17.3 Å². The summed E-state index contributed by atoms with van der Waals surface area (Å²) >= 11 is 2.95. The number of aromatic nitrogens is 11. The van der Waals surface area contributed by atoms with Crippen molar-refractivity contribution >= 4 is 34.5 Å². The summed E-state index contributed by atoms with van der Waals surface area (Å²) in [6.07, 6.45) is 23.6. The summed E-state index contributed by atoms with van der Waals surface area (Å²) < 4.78 is 19.2. The van der Waals surface area contributed by atoms with Crippen molar-refractivity contribution in [1.82, 2.24) is 55.0 Å². The van der Waals surface area contributed by atoms with E-state index in [1.807, 2.05) is 75.5 Å². The number of aromatic amines is 2. The number of H-pyrrole nitrogens is 2. The number of anilines is 2. The van der Waals surface area contributed by atoms with Crippen molar-refractivity contribution in [2.45, 2.75) is 21.9 Å². The lowest BCUT2D eigenvalue weighted by atomic mass is 9.40. The van der Waals surface area contributed by atoms with E-state index in [4.69, 9.17) is 58.4 Å². The second-order valence-corrected chi connectivity index (χ2v) is 15.3. The number of nitrogens with zero attached hydrogens (tertiary/aromatic N) is 11. The van der Waals surface area contributed by atoms with E-state index < -0.39 is 21.9 Å². The number of imidazole rings is 1. The van der Waals surface area contributed by atoms with Crippen molar-refractivity contribution in [1.29, 1.82) is 0 Å². The molecule has 0 bridgehead atoms. The number of thiazole rings is 1. The Morgan fingerprint density at radius 1 is 0.576 bits per heavy atom. The number of pyridine rings is 1. The maximum Gasteiger partial charge on any atom is 0.318 e. The first-order chi connectivity index (χ1) is 29.3. The summed E-state index contributed by atoms with van der Waals surface area (Å²) in [6.45, 7) is 0. The van der Waals surface area contributed by atoms with Gasteiger partial charge in [0, 0.05) is 84.0 Å². The molecule has 2 N–H and O–H groups in total. The van der Waals surface area contributed by atoms with Gasteiger partial charge in [0.25, 0.3) is 0 Å². The number of hydrazine groups is 1. The van der Waals surface area contributed by atoms with Gasteiger partial charge in [0.2, 0.25) is 0 Å². The van der Waals surface area contributed by atoms with Crippen LogP contribution in [-0.4, -0.2) is 55.0 Å². The molecule has 288 valence electrons. The Kier molecular flexibility index (Phi) is 7.95. The molecular weight excluding hydrogens is 787 g/mol. The Balaban J connectivity index is 1.56. The van der Waals surface area contributed by atoms with Gasteiger partial charge in [-0.05, 0) is 53.9 Å². The van der Waals surface area contributed by atoms with Crippen LogP contribution in [0.4, 0.5) is 11.8 Å². The Morgan fingerprint density at radius 3 is 2.17 bits per heavy atom. The Morgan fingerprint density at radius 2 is 1.51 bits per heavy atom. The summed E-state index contributed by atoms with van der Waals surface area (Å²) in [7, 11) is 0.